The van der Waals surface area contributed by atoms with Crippen molar-refractivity contribution in [2.45, 2.75) is 19.8 Å². The maximum absolute atomic E-state index is 13.2. The number of fused-ring (bicyclic) bond motifs is 1. The van der Waals surface area contributed by atoms with Gasteiger partial charge in [-0.15, -0.1) is 0 Å². The fourth-order valence-electron chi connectivity index (χ4n) is 2.73. The predicted molar refractivity (Wildman–Crippen MR) is 87.4 cm³/mol. The quantitative estimate of drug-likeness (QED) is 0.774. The second-order valence-electron chi connectivity index (χ2n) is 5.70. The smallest absolute Gasteiger partial charge is 0.123 e. The van der Waals surface area contributed by atoms with Crippen LogP contribution in [-0.4, -0.2) is 16.7 Å². The van der Waals surface area contributed by atoms with Crippen molar-refractivity contribution >= 4 is 10.9 Å². The highest BCUT2D eigenvalue weighted by Crippen LogP contribution is 2.35. The van der Waals surface area contributed by atoms with Gasteiger partial charge in [-0.05, 0) is 47.4 Å². The molecule has 1 N–H and O–H groups in total. The molecule has 1 aromatic heterocycles. The standard InChI is InChI=1S/C19H18FNO/c1-12-3-8-16-18(9-12)21-10-17(13(2)11-22)19(16)14-4-6-15(20)7-5-14/h3-10,13,22H,11H2,1-2H3. The molecule has 0 fully saturated rings. The molecule has 0 aliphatic heterocycles. The van der Waals surface area contributed by atoms with Gasteiger partial charge in [0.25, 0.3) is 0 Å². The van der Waals surface area contributed by atoms with Crippen molar-refractivity contribution in [3.8, 4) is 11.1 Å². The minimum atomic E-state index is -0.255. The Labute approximate surface area is 129 Å². The van der Waals surface area contributed by atoms with Crippen molar-refractivity contribution < 1.29 is 9.50 Å². The fourth-order valence-corrected chi connectivity index (χ4v) is 2.73. The first kappa shape index (κ1) is 14.7. The van der Waals surface area contributed by atoms with Crippen molar-refractivity contribution in [1.82, 2.24) is 4.98 Å². The number of halogens is 1. The van der Waals surface area contributed by atoms with Crippen LogP contribution in [0, 0.1) is 12.7 Å². The summed E-state index contributed by atoms with van der Waals surface area (Å²) in [5, 5.41) is 10.6. The van der Waals surface area contributed by atoms with Gasteiger partial charge < -0.3 is 5.11 Å². The van der Waals surface area contributed by atoms with E-state index < -0.39 is 0 Å². The first-order valence-corrected chi connectivity index (χ1v) is 7.36. The Kier molecular flexibility index (Phi) is 3.90. The summed E-state index contributed by atoms with van der Waals surface area (Å²) in [6.07, 6.45) is 1.82. The number of benzene rings is 2. The molecule has 2 aromatic carbocycles. The molecule has 1 atom stereocenters. The molecule has 1 unspecified atom stereocenters. The summed E-state index contributed by atoms with van der Waals surface area (Å²) in [5.74, 6) is -0.284. The van der Waals surface area contributed by atoms with Crippen molar-refractivity contribution in [3.63, 3.8) is 0 Å². The summed E-state index contributed by atoms with van der Waals surface area (Å²) >= 11 is 0. The highest BCUT2D eigenvalue weighted by molar-refractivity contribution is 5.96. The maximum Gasteiger partial charge on any atom is 0.123 e. The number of aliphatic hydroxyl groups is 1. The van der Waals surface area contributed by atoms with Gasteiger partial charge in [0.1, 0.15) is 5.82 Å². The van der Waals surface area contributed by atoms with Gasteiger partial charge in [0.2, 0.25) is 0 Å². The highest BCUT2D eigenvalue weighted by Gasteiger charge is 2.15. The first-order valence-electron chi connectivity index (χ1n) is 7.36. The number of aliphatic hydroxyl groups excluding tert-OH is 1. The molecule has 3 heteroatoms. The molecule has 112 valence electrons. The number of nitrogens with zero attached hydrogens (tertiary/aromatic N) is 1. The van der Waals surface area contributed by atoms with E-state index in [9.17, 15) is 9.50 Å². The summed E-state index contributed by atoms with van der Waals surface area (Å²) < 4.78 is 13.2. The average Bonchev–Trinajstić information content (AvgIpc) is 2.53. The largest absolute Gasteiger partial charge is 0.396 e. The van der Waals surface area contributed by atoms with E-state index in [2.05, 4.69) is 4.98 Å². The van der Waals surface area contributed by atoms with Crippen LogP contribution in [0.15, 0.2) is 48.7 Å². The molecule has 2 nitrogen and oxygen atoms in total. The minimum absolute atomic E-state index is 0.0294. The highest BCUT2D eigenvalue weighted by atomic mass is 19.1. The van der Waals surface area contributed by atoms with Gasteiger partial charge in [0, 0.05) is 24.1 Å². The topological polar surface area (TPSA) is 33.1 Å². The summed E-state index contributed by atoms with van der Waals surface area (Å²) in [4.78, 5) is 4.53. The Hall–Kier alpha value is -2.26. The van der Waals surface area contributed by atoms with Gasteiger partial charge in [-0.25, -0.2) is 4.39 Å². The lowest BCUT2D eigenvalue weighted by molar-refractivity contribution is 0.273. The molecule has 0 aliphatic rings. The number of aryl methyl sites for hydroxylation is 1. The van der Waals surface area contributed by atoms with E-state index in [1.165, 1.54) is 12.1 Å². The van der Waals surface area contributed by atoms with Crippen molar-refractivity contribution in [3.05, 3.63) is 65.6 Å². The van der Waals surface area contributed by atoms with Crippen molar-refractivity contribution in [2.75, 3.05) is 6.61 Å². The van der Waals surface area contributed by atoms with Gasteiger partial charge in [-0.2, -0.15) is 0 Å². The molecule has 0 saturated heterocycles. The first-order chi connectivity index (χ1) is 10.6. The molecule has 22 heavy (non-hydrogen) atoms. The fraction of sp³-hybridized carbons (Fsp3) is 0.211. The molecule has 0 radical (unpaired) electrons. The molecule has 0 spiro atoms. The summed E-state index contributed by atoms with van der Waals surface area (Å²) in [6.45, 7) is 4.04. The van der Waals surface area contributed by atoms with Crippen LogP contribution < -0.4 is 0 Å². The molecule has 0 bridgehead atoms. The normalized spacial score (nSPS) is 12.5. The molecule has 1 heterocycles. The van der Waals surface area contributed by atoms with E-state index in [0.717, 1.165) is 33.2 Å². The van der Waals surface area contributed by atoms with Crippen molar-refractivity contribution in [2.24, 2.45) is 0 Å². The minimum Gasteiger partial charge on any atom is -0.396 e. The maximum atomic E-state index is 13.2. The van der Waals surface area contributed by atoms with Gasteiger partial charge in [0.15, 0.2) is 0 Å². The predicted octanol–water partition coefficient (Wildman–Crippen LogP) is 4.45. The van der Waals surface area contributed by atoms with E-state index in [0.29, 0.717) is 0 Å². The van der Waals surface area contributed by atoms with Gasteiger partial charge >= 0.3 is 0 Å². The number of rotatable bonds is 3. The molecule has 3 aromatic rings. The number of hydrogen-bond acceptors (Lipinski definition) is 2. The third-order valence-electron chi connectivity index (χ3n) is 3.99. The number of pyridine rings is 1. The van der Waals surface area contributed by atoms with Gasteiger partial charge in [0.05, 0.1) is 5.52 Å². The van der Waals surface area contributed by atoms with E-state index in [4.69, 9.17) is 0 Å². The lowest BCUT2D eigenvalue weighted by atomic mass is 9.90. The third kappa shape index (κ3) is 2.60. The zero-order valence-electron chi connectivity index (χ0n) is 12.7. The SMILES string of the molecule is Cc1ccc2c(-c3ccc(F)cc3)c(C(C)CO)cnc2c1. The molecular formula is C19H18FNO. The summed E-state index contributed by atoms with van der Waals surface area (Å²) in [6, 6.07) is 12.6. The number of aromatic nitrogens is 1. The van der Waals surface area contributed by atoms with E-state index in [-0.39, 0.29) is 18.3 Å². The van der Waals surface area contributed by atoms with Crippen LogP contribution in [0.3, 0.4) is 0 Å². The Bertz CT molecular complexity index is 812. The molecule has 0 amide bonds. The van der Waals surface area contributed by atoms with Crippen LogP contribution in [-0.2, 0) is 0 Å². The lowest BCUT2D eigenvalue weighted by Gasteiger charge is -2.17. The molecular weight excluding hydrogens is 277 g/mol. The number of hydrogen-bond donors (Lipinski definition) is 1. The molecule has 0 saturated carbocycles. The van der Waals surface area contributed by atoms with Crippen LogP contribution in [0.1, 0.15) is 24.0 Å². The van der Waals surface area contributed by atoms with Crippen molar-refractivity contribution in [1.29, 1.82) is 0 Å². The lowest BCUT2D eigenvalue weighted by Crippen LogP contribution is -2.03. The van der Waals surface area contributed by atoms with E-state index in [1.54, 1.807) is 12.1 Å². The van der Waals surface area contributed by atoms with Crippen LogP contribution in [0.4, 0.5) is 4.39 Å². The van der Waals surface area contributed by atoms with Crippen LogP contribution in [0.25, 0.3) is 22.0 Å². The van der Waals surface area contributed by atoms with Gasteiger partial charge in [-0.3, -0.25) is 4.98 Å². The van der Waals surface area contributed by atoms with Crippen LogP contribution >= 0.6 is 0 Å². The molecule has 0 aliphatic carbocycles. The Balaban J connectivity index is 2.33. The Morgan fingerprint density at radius 3 is 2.55 bits per heavy atom. The van der Waals surface area contributed by atoms with E-state index >= 15 is 0 Å². The monoisotopic (exact) mass is 295 g/mol. The Morgan fingerprint density at radius 2 is 1.86 bits per heavy atom. The average molecular weight is 295 g/mol. The van der Waals surface area contributed by atoms with Gasteiger partial charge in [-0.1, -0.05) is 31.2 Å². The summed E-state index contributed by atoms with van der Waals surface area (Å²) in [5.41, 5.74) is 4.99. The van der Waals surface area contributed by atoms with Crippen LogP contribution in [0.5, 0.6) is 0 Å². The summed E-state index contributed by atoms with van der Waals surface area (Å²) in [7, 11) is 0. The Morgan fingerprint density at radius 1 is 1.14 bits per heavy atom. The second kappa shape index (κ2) is 5.85. The third-order valence-corrected chi connectivity index (χ3v) is 3.99. The second-order valence-corrected chi connectivity index (χ2v) is 5.70. The zero-order valence-corrected chi connectivity index (χ0v) is 12.7. The molecule has 3 rings (SSSR count). The zero-order chi connectivity index (χ0) is 15.7. The van der Waals surface area contributed by atoms with E-state index in [1.807, 2.05) is 38.2 Å². The van der Waals surface area contributed by atoms with Crippen LogP contribution in [0.2, 0.25) is 0 Å².